The van der Waals surface area contributed by atoms with Crippen molar-refractivity contribution in [2.45, 2.75) is 11.7 Å². The fourth-order valence-electron chi connectivity index (χ4n) is 2.09. The van der Waals surface area contributed by atoms with Crippen LogP contribution in [0.15, 0.2) is 42.5 Å². The first-order valence-electron chi connectivity index (χ1n) is 4.92. The summed E-state index contributed by atoms with van der Waals surface area (Å²) in [4.78, 5) is 0. The van der Waals surface area contributed by atoms with Crippen LogP contribution in [0.3, 0.4) is 0 Å². The number of nitrogen functional groups attached to an aromatic ring is 2. The first-order chi connectivity index (χ1) is 7.24. The number of fused-ring (bicyclic) bond motifs is 1. The van der Waals surface area contributed by atoms with Crippen molar-refractivity contribution in [2.75, 3.05) is 11.5 Å². The Labute approximate surface area is 88.0 Å². The van der Waals surface area contributed by atoms with Crippen molar-refractivity contribution in [3.8, 4) is 0 Å². The van der Waals surface area contributed by atoms with E-state index < -0.39 is 0 Å². The van der Waals surface area contributed by atoms with Crippen LogP contribution in [-0.2, 0) is 10.3 Å². The molecule has 1 heterocycles. The van der Waals surface area contributed by atoms with Gasteiger partial charge in [-0.15, -0.1) is 0 Å². The maximum atomic E-state index is 5.96. The molecule has 3 rings (SSSR count). The van der Waals surface area contributed by atoms with Crippen molar-refractivity contribution in [3.05, 3.63) is 48.1 Å². The standard InChI is InChI=1S/C12H12N2O/c13-9-5-3-4-8(11(9)14)12-7-2-1-6-10(12)15-12/h1-7,10H,13-14H2. The maximum Gasteiger partial charge on any atom is 0.144 e. The Morgan fingerprint density at radius 2 is 2.07 bits per heavy atom. The van der Waals surface area contributed by atoms with E-state index in [1.807, 2.05) is 36.4 Å². The fourth-order valence-corrected chi connectivity index (χ4v) is 2.09. The molecule has 1 aliphatic carbocycles. The zero-order valence-corrected chi connectivity index (χ0v) is 8.18. The third-order valence-corrected chi connectivity index (χ3v) is 2.99. The van der Waals surface area contributed by atoms with Gasteiger partial charge in [0, 0.05) is 5.56 Å². The molecule has 2 atom stereocenters. The molecule has 3 heteroatoms. The van der Waals surface area contributed by atoms with Crippen LogP contribution in [0.2, 0.25) is 0 Å². The van der Waals surface area contributed by atoms with Gasteiger partial charge in [0.2, 0.25) is 0 Å². The lowest BCUT2D eigenvalue weighted by atomic mass is 9.90. The molecule has 3 nitrogen and oxygen atoms in total. The summed E-state index contributed by atoms with van der Waals surface area (Å²) in [6.07, 6.45) is 8.14. The van der Waals surface area contributed by atoms with Gasteiger partial charge < -0.3 is 16.2 Å². The molecule has 0 spiro atoms. The third kappa shape index (κ3) is 1.04. The highest BCUT2D eigenvalue weighted by atomic mass is 16.6. The molecule has 1 saturated heterocycles. The van der Waals surface area contributed by atoms with E-state index in [4.69, 9.17) is 16.2 Å². The average molecular weight is 200 g/mol. The summed E-state index contributed by atoms with van der Waals surface area (Å²) in [6.45, 7) is 0. The smallest absolute Gasteiger partial charge is 0.144 e. The van der Waals surface area contributed by atoms with Gasteiger partial charge in [0.25, 0.3) is 0 Å². The molecule has 0 aromatic heterocycles. The summed E-state index contributed by atoms with van der Waals surface area (Å²) in [5.74, 6) is 0. The molecule has 0 saturated carbocycles. The molecule has 1 fully saturated rings. The van der Waals surface area contributed by atoms with Gasteiger partial charge in [0.1, 0.15) is 11.7 Å². The van der Waals surface area contributed by atoms with Crippen molar-refractivity contribution >= 4 is 11.4 Å². The third-order valence-electron chi connectivity index (χ3n) is 2.99. The molecule has 15 heavy (non-hydrogen) atoms. The Kier molecular flexibility index (Phi) is 1.51. The van der Waals surface area contributed by atoms with Crippen molar-refractivity contribution in [2.24, 2.45) is 0 Å². The Hall–Kier alpha value is -1.74. The molecule has 1 aromatic carbocycles. The minimum absolute atomic E-state index is 0.117. The summed E-state index contributed by atoms with van der Waals surface area (Å²) in [6, 6.07) is 5.67. The molecular weight excluding hydrogens is 188 g/mol. The quantitative estimate of drug-likeness (QED) is 0.534. The SMILES string of the molecule is Nc1cccc(C23C=CC=CC2O3)c1N. The van der Waals surface area contributed by atoms with E-state index in [1.165, 1.54) is 0 Å². The lowest BCUT2D eigenvalue weighted by molar-refractivity contribution is 0.346. The number of nitrogens with two attached hydrogens (primary N) is 2. The molecule has 1 aromatic rings. The highest BCUT2D eigenvalue weighted by molar-refractivity contribution is 5.70. The number of ether oxygens (including phenoxy) is 1. The molecule has 0 amide bonds. The van der Waals surface area contributed by atoms with Gasteiger partial charge in [-0.25, -0.2) is 0 Å². The van der Waals surface area contributed by atoms with Crippen molar-refractivity contribution < 1.29 is 4.74 Å². The van der Waals surface area contributed by atoms with Crippen molar-refractivity contribution in [1.29, 1.82) is 0 Å². The average Bonchev–Trinajstić information content (AvgIpc) is 2.97. The van der Waals surface area contributed by atoms with Gasteiger partial charge in [-0.1, -0.05) is 30.4 Å². The summed E-state index contributed by atoms with van der Waals surface area (Å²) < 4.78 is 5.68. The molecule has 2 unspecified atom stereocenters. The van der Waals surface area contributed by atoms with E-state index in [9.17, 15) is 0 Å². The predicted octanol–water partition coefficient (Wildman–Crippen LogP) is 1.57. The zero-order chi connectivity index (χ0) is 10.5. The lowest BCUT2D eigenvalue weighted by Gasteiger charge is -2.13. The second-order valence-corrected chi connectivity index (χ2v) is 3.88. The van der Waals surface area contributed by atoms with E-state index in [1.54, 1.807) is 6.07 Å². The second-order valence-electron chi connectivity index (χ2n) is 3.88. The van der Waals surface area contributed by atoms with Crippen LogP contribution in [0.5, 0.6) is 0 Å². The number of hydrogen-bond donors (Lipinski definition) is 2. The Bertz CT molecular complexity index is 479. The topological polar surface area (TPSA) is 64.6 Å². The largest absolute Gasteiger partial charge is 0.397 e. The van der Waals surface area contributed by atoms with E-state index >= 15 is 0 Å². The first-order valence-corrected chi connectivity index (χ1v) is 4.92. The molecule has 2 aliphatic rings. The summed E-state index contributed by atoms with van der Waals surface area (Å²) in [7, 11) is 0. The van der Waals surface area contributed by atoms with Crippen molar-refractivity contribution in [3.63, 3.8) is 0 Å². The van der Waals surface area contributed by atoms with E-state index in [2.05, 4.69) is 0 Å². The van der Waals surface area contributed by atoms with E-state index in [0.717, 1.165) is 5.56 Å². The van der Waals surface area contributed by atoms with Crippen LogP contribution in [0.25, 0.3) is 0 Å². The summed E-state index contributed by atoms with van der Waals surface area (Å²) in [5, 5.41) is 0. The Balaban J connectivity index is 2.12. The van der Waals surface area contributed by atoms with Crippen LogP contribution in [0.1, 0.15) is 5.56 Å². The molecule has 0 bridgehead atoms. The number of epoxide rings is 1. The van der Waals surface area contributed by atoms with Gasteiger partial charge >= 0.3 is 0 Å². The van der Waals surface area contributed by atoms with Gasteiger partial charge in [-0.2, -0.15) is 0 Å². The van der Waals surface area contributed by atoms with Gasteiger partial charge in [0.15, 0.2) is 0 Å². The highest BCUT2D eigenvalue weighted by Gasteiger charge is 2.56. The number of rotatable bonds is 1. The molecular formula is C12H12N2O. The number of anilines is 2. The normalized spacial score (nSPS) is 31.3. The van der Waals surface area contributed by atoms with Gasteiger partial charge in [-0.05, 0) is 12.1 Å². The summed E-state index contributed by atoms with van der Waals surface area (Å²) in [5.41, 5.74) is 13.6. The molecule has 0 radical (unpaired) electrons. The molecule has 1 aliphatic heterocycles. The fraction of sp³-hybridized carbons (Fsp3) is 0.167. The Morgan fingerprint density at radius 3 is 2.87 bits per heavy atom. The van der Waals surface area contributed by atoms with Crippen LogP contribution < -0.4 is 11.5 Å². The van der Waals surface area contributed by atoms with Crippen LogP contribution >= 0.6 is 0 Å². The number of benzene rings is 1. The van der Waals surface area contributed by atoms with Crippen molar-refractivity contribution in [1.82, 2.24) is 0 Å². The van der Waals surface area contributed by atoms with Gasteiger partial charge in [0.05, 0.1) is 11.4 Å². The van der Waals surface area contributed by atoms with Gasteiger partial charge in [-0.3, -0.25) is 0 Å². The maximum absolute atomic E-state index is 5.96. The summed E-state index contributed by atoms with van der Waals surface area (Å²) >= 11 is 0. The Morgan fingerprint density at radius 1 is 1.20 bits per heavy atom. The monoisotopic (exact) mass is 200 g/mol. The number of hydrogen-bond acceptors (Lipinski definition) is 3. The first kappa shape index (κ1) is 8.56. The predicted molar refractivity (Wildman–Crippen MR) is 60.1 cm³/mol. The molecule has 4 N–H and O–H groups in total. The van der Waals surface area contributed by atoms with Crippen LogP contribution in [-0.4, -0.2) is 6.10 Å². The highest BCUT2D eigenvalue weighted by Crippen LogP contribution is 2.52. The van der Waals surface area contributed by atoms with E-state index in [-0.39, 0.29) is 11.7 Å². The number of para-hydroxylation sites is 1. The van der Waals surface area contributed by atoms with Crippen LogP contribution in [0.4, 0.5) is 11.4 Å². The van der Waals surface area contributed by atoms with Crippen LogP contribution in [0, 0.1) is 0 Å². The molecule has 76 valence electrons. The minimum Gasteiger partial charge on any atom is -0.397 e. The minimum atomic E-state index is -0.353. The zero-order valence-electron chi connectivity index (χ0n) is 8.18. The lowest BCUT2D eigenvalue weighted by Crippen LogP contribution is -2.14. The van der Waals surface area contributed by atoms with E-state index in [0.29, 0.717) is 11.4 Å². The number of allylic oxidation sites excluding steroid dienone is 2. The second kappa shape index (κ2) is 2.64.